The third-order valence-corrected chi connectivity index (χ3v) is 5.98. The molecule has 166 valence electrons. The number of amides is 2. The minimum absolute atomic E-state index is 0.0229. The Morgan fingerprint density at radius 3 is 2.26 bits per heavy atom. The fraction of sp³-hybridized carbons (Fsp3) is 0.500. The molecule has 0 radical (unpaired) electrons. The van der Waals surface area contributed by atoms with E-state index in [1.54, 1.807) is 12.4 Å². The molecule has 1 aromatic heterocycles. The highest BCUT2D eigenvalue weighted by Gasteiger charge is 2.34. The van der Waals surface area contributed by atoms with E-state index in [2.05, 4.69) is 36.1 Å². The van der Waals surface area contributed by atoms with Crippen molar-refractivity contribution in [3.63, 3.8) is 0 Å². The van der Waals surface area contributed by atoms with Gasteiger partial charge in [-0.05, 0) is 36.0 Å². The Kier molecular flexibility index (Phi) is 7.65. The number of anilines is 1. The molecule has 1 aliphatic rings. The molecule has 2 aromatic rings. The molecule has 1 aromatic carbocycles. The van der Waals surface area contributed by atoms with Crippen LogP contribution in [0.3, 0.4) is 0 Å². The summed E-state index contributed by atoms with van der Waals surface area (Å²) in [5.41, 5.74) is 2.28. The number of nitrogens with zero attached hydrogens (tertiary/aromatic N) is 3. The summed E-state index contributed by atoms with van der Waals surface area (Å²) in [7, 11) is 0. The first-order valence-corrected chi connectivity index (χ1v) is 11.4. The fourth-order valence-electron chi connectivity index (χ4n) is 4.02. The van der Waals surface area contributed by atoms with Gasteiger partial charge in [-0.3, -0.25) is 14.5 Å². The van der Waals surface area contributed by atoms with Crippen molar-refractivity contribution >= 4 is 29.1 Å². The van der Waals surface area contributed by atoms with Crippen molar-refractivity contribution in [2.45, 2.75) is 70.4 Å². The summed E-state index contributed by atoms with van der Waals surface area (Å²) in [5, 5.41) is 3.15. The number of carbonyl (C=O) groups excluding carboxylic acids is 2. The molecule has 1 N–H and O–H groups in total. The molecular formula is C24H31ClN4O2. The summed E-state index contributed by atoms with van der Waals surface area (Å²) in [6.07, 6.45) is 9.86. The van der Waals surface area contributed by atoms with Crippen LogP contribution in [-0.2, 0) is 15.0 Å². The minimum Gasteiger partial charge on any atom is -0.351 e. The zero-order valence-electron chi connectivity index (χ0n) is 18.5. The largest absolute Gasteiger partial charge is 0.351 e. The number of rotatable bonds is 6. The van der Waals surface area contributed by atoms with Gasteiger partial charge in [0.15, 0.2) is 0 Å². The number of nitrogens with one attached hydrogen (secondary N) is 1. The van der Waals surface area contributed by atoms with Gasteiger partial charge in [0, 0.05) is 29.7 Å². The number of alkyl halides is 1. The van der Waals surface area contributed by atoms with E-state index in [0.29, 0.717) is 11.3 Å². The first-order chi connectivity index (χ1) is 14.8. The van der Waals surface area contributed by atoms with Gasteiger partial charge in [-0.1, -0.05) is 52.2 Å². The Bertz CT molecular complexity index is 875. The second-order valence-electron chi connectivity index (χ2n) is 9.11. The zero-order chi connectivity index (χ0) is 22.4. The van der Waals surface area contributed by atoms with Crippen LogP contribution in [0.15, 0.2) is 43.0 Å². The maximum atomic E-state index is 13.5. The summed E-state index contributed by atoms with van der Waals surface area (Å²) < 4.78 is 0. The molecule has 1 atom stereocenters. The SMILES string of the molecule is CC(C)(C)c1ccc(N(C(=O)CCl)C(C(=O)NC2CCCCC2)c2cncnc2)cc1. The molecule has 6 nitrogen and oxygen atoms in total. The van der Waals surface area contributed by atoms with E-state index < -0.39 is 6.04 Å². The molecule has 0 saturated heterocycles. The van der Waals surface area contributed by atoms with Crippen molar-refractivity contribution in [1.29, 1.82) is 0 Å². The maximum absolute atomic E-state index is 13.5. The number of hydrogen-bond acceptors (Lipinski definition) is 4. The average Bonchev–Trinajstić information content (AvgIpc) is 2.77. The number of hydrogen-bond donors (Lipinski definition) is 1. The Hall–Kier alpha value is -2.47. The molecule has 3 rings (SSSR count). The Labute approximate surface area is 189 Å². The number of halogens is 1. The minimum atomic E-state index is -0.894. The molecule has 1 fully saturated rings. The average molecular weight is 443 g/mol. The standard InChI is InChI=1S/C24H31ClN4O2/c1-24(2,3)18-9-11-20(12-10-18)29(21(30)13-25)22(17-14-26-16-27-15-17)23(31)28-19-7-5-4-6-8-19/h9-12,14-16,19,22H,4-8,13H2,1-3H3,(H,28,31). The normalized spacial score (nSPS) is 15.9. The van der Waals surface area contributed by atoms with Gasteiger partial charge in [-0.25, -0.2) is 9.97 Å². The molecule has 0 bridgehead atoms. The Balaban J connectivity index is 1.99. The zero-order valence-corrected chi connectivity index (χ0v) is 19.2. The van der Waals surface area contributed by atoms with Crippen LogP contribution in [-0.4, -0.2) is 33.7 Å². The van der Waals surface area contributed by atoms with Gasteiger partial charge in [0.1, 0.15) is 18.2 Å². The van der Waals surface area contributed by atoms with Gasteiger partial charge in [-0.15, -0.1) is 11.6 Å². The first-order valence-electron chi connectivity index (χ1n) is 10.8. The number of carbonyl (C=O) groups is 2. The quantitative estimate of drug-likeness (QED) is 0.666. The lowest BCUT2D eigenvalue weighted by atomic mass is 9.87. The van der Waals surface area contributed by atoms with Crippen molar-refractivity contribution in [3.05, 3.63) is 54.1 Å². The first kappa shape index (κ1) is 23.2. The summed E-state index contributed by atoms with van der Waals surface area (Å²) in [6, 6.07) is 6.94. The topological polar surface area (TPSA) is 75.2 Å². The van der Waals surface area contributed by atoms with Crippen molar-refractivity contribution < 1.29 is 9.59 Å². The molecule has 1 saturated carbocycles. The lowest BCUT2D eigenvalue weighted by Crippen LogP contribution is -2.47. The smallest absolute Gasteiger partial charge is 0.248 e. The van der Waals surface area contributed by atoms with E-state index in [-0.39, 0.29) is 29.2 Å². The summed E-state index contributed by atoms with van der Waals surface area (Å²) in [4.78, 5) is 36.1. The van der Waals surface area contributed by atoms with Crippen LogP contribution in [0.25, 0.3) is 0 Å². The second-order valence-corrected chi connectivity index (χ2v) is 9.38. The Morgan fingerprint density at radius 1 is 1.10 bits per heavy atom. The highest BCUT2D eigenvalue weighted by molar-refractivity contribution is 6.29. The lowest BCUT2D eigenvalue weighted by Gasteiger charge is -2.33. The molecule has 0 aliphatic heterocycles. The van der Waals surface area contributed by atoms with E-state index in [1.165, 1.54) is 17.6 Å². The van der Waals surface area contributed by atoms with Gasteiger partial charge in [0.2, 0.25) is 11.8 Å². The lowest BCUT2D eigenvalue weighted by molar-refractivity contribution is -0.126. The van der Waals surface area contributed by atoms with E-state index in [0.717, 1.165) is 31.2 Å². The van der Waals surface area contributed by atoms with Crippen LogP contribution >= 0.6 is 11.6 Å². The van der Waals surface area contributed by atoms with Crippen LogP contribution in [0.4, 0.5) is 5.69 Å². The van der Waals surface area contributed by atoms with E-state index in [9.17, 15) is 9.59 Å². The summed E-state index contributed by atoms with van der Waals surface area (Å²) in [5.74, 6) is -0.819. The maximum Gasteiger partial charge on any atom is 0.248 e. The molecular weight excluding hydrogens is 412 g/mol. The van der Waals surface area contributed by atoms with Gasteiger partial charge in [-0.2, -0.15) is 0 Å². The van der Waals surface area contributed by atoms with Crippen LogP contribution in [0, 0.1) is 0 Å². The predicted octanol–water partition coefficient (Wildman–Crippen LogP) is 4.54. The molecule has 7 heteroatoms. The summed E-state index contributed by atoms with van der Waals surface area (Å²) in [6.45, 7) is 6.39. The molecule has 31 heavy (non-hydrogen) atoms. The predicted molar refractivity (Wildman–Crippen MR) is 123 cm³/mol. The van der Waals surface area contributed by atoms with Crippen LogP contribution < -0.4 is 10.2 Å². The number of benzene rings is 1. The van der Waals surface area contributed by atoms with E-state index in [4.69, 9.17) is 11.6 Å². The molecule has 1 unspecified atom stereocenters. The van der Waals surface area contributed by atoms with Crippen molar-refractivity contribution in [3.8, 4) is 0 Å². The van der Waals surface area contributed by atoms with Crippen LogP contribution in [0.2, 0.25) is 0 Å². The van der Waals surface area contributed by atoms with Crippen LogP contribution in [0.1, 0.15) is 70.0 Å². The van der Waals surface area contributed by atoms with Crippen LogP contribution in [0.5, 0.6) is 0 Å². The second kappa shape index (κ2) is 10.2. The van der Waals surface area contributed by atoms with Gasteiger partial charge in [0.25, 0.3) is 0 Å². The van der Waals surface area contributed by atoms with Gasteiger partial charge in [0.05, 0.1) is 0 Å². The number of aromatic nitrogens is 2. The molecule has 2 amide bonds. The monoisotopic (exact) mass is 442 g/mol. The molecule has 0 spiro atoms. The third-order valence-electron chi connectivity index (χ3n) is 5.75. The fourth-order valence-corrected chi connectivity index (χ4v) is 4.15. The molecule has 1 heterocycles. The van der Waals surface area contributed by atoms with Crippen molar-refractivity contribution in [2.24, 2.45) is 0 Å². The Morgan fingerprint density at radius 2 is 1.71 bits per heavy atom. The van der Waals surface area contributed by atoms with Gasteiger partial charge < -0.3 is 5.32 Å². The van der Waals surface area contributed by atoms with Gasteiger partial charge >= 0.3 is 0 Å². The highest BCUT2D eigenvalue weighted by atomic mass is 35.5. The molecule has 1 aliphatic carbocycles. The van der Waals surface area contributed by atoms with E-state index >= 15 is 0 Å². The summed E-state index contributed by atoms with van der Waals surface area (Å²) >= 11 is 5.97. The van der Waals surface area contributed by atoms with E-state index in [1.807, 2.05) is 24.3 Å². The highest BCUT2D eigenvalue weighted by Crippen LogP contribution is 2.31. The van der Waals surface area contributed by atoms with Crippen molar-refractivity contribution in [1.82, 2.24) is 15.3 Å². The third kappa shape index (κ3) is 5.82. The van der Waals surface area contributed by atoms with Crippen molar-refractivity contribution in [2.75, 3.05) is 10.8 Å².